The lowest BCUT2D eigenvalue weighted by Crippen LogP contribution is -2.30. The molecule has 128 valence electrons. The summed E-state index contributed by atoms with van der Waals surface area (Å²) in [5.41, 5.74) is 2.23. The van der Waals surface area contributed by atoms with Gasteiger partial charge in [-0.1, -0.05) is 41.9 Å². The van der Waals surface area contributed by atoms with Gasteiger partial charge in [-0.05, 0) is 55.2 Å². The van der Waals surface area contributed by atoms with Crippen molar-refractivity contribution in [2.75, 3.05) is 5.32 Å². The van der Waals surface area contributed by atoms with Gasteiger partial charge in [-0.3, -0.25) is 4.79 Å². The fraction of sp³-hybridized carbons (Fsp3) is 0.316. The van der Waals surface area contributed by atoms with Gasteiger partial charge < -0.3 is 10.1 Å². The molecule has 0 aliphatic rings. The summed E-state index contributed by atoms with van der Waals surface area (Å²) in [6, 6.07) is 10.4. The minimum absolute atomic E-state index is 0.131. The van der Waals surface area contributed by atoms with E-state index in [1.54, 1.807) is 13.0 Å². The third-order valence-corrected chi connectivity index (χ3v) is 4.15. The van der Waals surface area contributed by atoms with E-state index in [-0.39, 0.29) is 11.6 Å². The summed E-state index contributed by atoms with van der Waals surface area (Å²) in [5.74, 6) is 0.0690. The van der Waals surface area contributed by atoms with Gasteiger partial charge in [-0.2, -0.15) is 0 Å². The van der Waals surface area contributed by atoms with Gasteiger partial charge in [0.15, 0.2) is 6.10 Å². The normalized spacial score (nSPS) is 12.1. The summed E-state index contributed by atoms with van der Waals surface area (Å²) in [6.45, 7) is 7.76. The largest absolute Gasteiger partial charge is 0.481 e. The Morgan fingerprint density at radius 1 is 1.17 bits per heavy atom. The van der Waals surface area contributed by atoms with Crippen LogP contribution >= 0.6 is 15.9 Å². The molecule has 1 unspecified atom stereocenters. The van der Waals surface area contributed by atoms with Crippen molar-refractivity contribution in [2.24, 2.45) is 0 Å². The van der Waals surface area contributed by atoms with Crippen LogP contribution in [0.4, 0.5) is 10.1 Å². The lowest BCUT2D eigenvalue weighted by Gasteiger charge is -2.19. The van der Waals surface area contributed by atoms with Crippen LogP contribution in [0.15, 0.2) is 40.9 Å². The van der Waals surface area contributed by atoms with Crippen LogP contribution in [0.25, 0.3) is 0 Å². The maximum atomic E-state index is 13.8. The van der Waals surface area contributed by atoms with Crippen LogP contribution in [0.5, 0.6) is 5.75 Å². The van der Waals surface area contributed by atoms with Crippen molar-refractivity contribution in [3.05, 3.63) is 57.8 Å². The van der Waals surface area contributed by atoms with Crippen LogP contribution in [0.3, 0.4) is 0 Å². The van der Waals surface area contributed by atoms with Crippen molar-refractivity contribution in [1.82, 2.24) is 0 Å². The number of rotatable bonds is 5. The first-order valence-corrected chi connectivity index (χ1v) is 8.60. The Bertz CT molecular complexity index is 746. The lowest BCUT2D eigenvalue weighted by molar-refractivity contribution is -0.122. The molecule has 2 aromatic carbocycles. The average molecular weight is 394 g/mol. The molecule has 0 bridgehead atoms. The highest BCUT2D eigenvalue weighted by molar-refractivity contribution is 9.10. The first-order chi connectivity index (χ1) is 11.3. The molecule has 2 aromatic rings. The molecular weight excluding hydrogens is 373 g/mol. The van der Waals surface area contributed by atoms with Gasteiger partial charge in [0.2, 0.25) is 0 Å². The molecule has 0 heterocycles. The van der Waals surface area contributed by atoms with E-state index in [1.807, 2.05) is 25.1 Å². The first-order valence-electron chi connectivity index (χ1n) is 7.81. The number of anilines is 1. The number of hydrogen-bond acceptors (Lipinski definition) is 2. The van der Waals surface area contributed by atoms with E-state index in [9.17, 15) is 9.18 Å². The molecule has 0 saturated heterocycles. The Balaban J connectivity index is 2.13. The van der Waals surface area contributed by atoms with Gasteiger partial charge in [0.25, 0.3) is 5.91 Å². The third-order valence-electron chi connectivity index (χ3n) is 3.65. The van der Waals surface area contributed by atoms with Crippen molar-refractivity contribution < 1.29 is 13.9 Å². The van der Waals surface area contributed by atoms with E-state index in [2.05, 4.69) is 35.1 Å². The minimum atomic E-state index is -0.743. The summed E-state index contributed by atoms with van der Waals surface area (Å²) < 4.78 is 20.3. The van der Waals surface area contributed by atoms with Crippen LogP contribution in [-0.4, -0.2) is 12.0 Å². The van der Waals surface area contributed by atoms with Crippen LogP contribution < -0.4 is 10.1 Å². The molecule has 1 atom stereocenters. The molecule has 3 nitrogen and oxygen atoms in total. The second-order valence-corrected chi connectivity index (χ2v) is 6.99. The first kappa shape index (κ1) is 18.5. The number of halogens is 2. The number of benzene rings is 2. The summed E-state index contributed by atoms with van der Waals surface area (Å²) >= 11 is 3.19. The zero-order chi connectivity index (χ0) is 17.9. The number of carbonyl (C=O) groups is 1. The van der Waals surface area contributed by atoms with E-state index >= 15 is 0 Å². The van der Waals surface area contributed by atoms with Crippen molar-refractivity contribution in [2.45, 2.75) is 39.7 Å². The molecule has 0 aliphatic carbocycles. The van der Waals surface area contributed by atoms with Crippen molar-refractivity contribution in [3.8, 4) is 5.75 Å². The van der Waals surface area contributed by atoms with Crippen molar-refractivity contribution >= 4 is 27.5 Å². The van der Waals surface area contributed by atoms with Gasteiger partial charge >= 0.3 is 0 Å². The Morgan fingerprint density at radius 3 is 2.50 bits per heavy atom. The van der Waals surface area contributed by atoms with Crippen molar-refractivity contribution in [1.29, 1.82) is 0 Å². The Hall–Kier alpha value is -1.88. The van der Waals surface area contributed by atoms with E-state index in [0.29, 0.717) is 10.2 Å². The fourth-order valence-corrected chi connectivity index (χ4v) is 2.62. The van der Waals surface area contributed by atoms with Gasteiger partial charge in [0.05, 0.1) is 5.69 Å². The smallest absolute Gasteiger partial charge is 0.265 e. The molecule has 0 aliphatic heterocycles. The standard InChI is InChI=1S/C19H21BrFNO2/c1-11(2)15-7-5-12(3)9-18(15)24-13(4)19(23)22-17-8-6-14(20)10-16(17)21/h5-11,13H,1-4H3,(H,22,23). The zero-order valence-corrected chi connectivity index (χ0v) is 15.8. The summed E-state index contributed by atoms with van der Waals surface area (Å²) in [4.78, 5) is 12.3. The molecule has 1 N–H and O–H groups in total. The lowest BCUT2D eigenvalue weighted by atomic mass is 10.0. The molecule has 0 aromatic heterocycles. The van der Waals surface area contributed by atoms with Crippen LogP contribution in [-0.2, 0) is 4.79 Å². The zero-order valence-electron chi connectivity index (χ0n) is 14.2. The second kappa shape index (κ2) is 7.79. The second-order valence-electron chi connectivity index (χ2n) is 6.07. The minimum Gasteiger partial charge on any atom is -0.481 e. The molecule has 0 spiro atoms. The summed E-state index contributed by atoms with van der Waals surface area (Å²) in [7, 11) is 0. The molecule has 0 saturated carbocycles. The molecule has 24 heavy (non-hydrogen) atoms. The third kappa shape index (κ3) is 4.57. The number of nitrogens with one attached hydrogen (secondary N) is 1. The maximum Gasteiger partial charge on any atom is 0.265 e. The fourth-order valence-electron chi connectivity index (χ4n) is 2.29. The van der Waals surface area contributed by atoms with Crippen LogP contribution in [0.2, 0.25) is 0 Å². The molecule has 1 amide bonds. The highest BCUT2D eigenvalue weighted by Gasteiger charge is 2.19. The molecule has 0 radical (unpaired) electrons. The topological polar surface area (TPSA) is 38.3 Å². The monoisotopic (exact) mass is 393 g/mol. The van der Waals surface area contributed by atoms with E-state index in [0.717, 1.165) is 11.1 Å². The summed E-state index contributed by atoms with van der Waals surface area (Å²) in [5, 5.41) is 2.56. The SMILES string of the molecule is Cc1ccc(C(C)C)c(OC(C)C(=O)Nc2ccc(Br)cc2F)c1. The molecular formula is C19H21BrFNO2. The molecule has 0 fully saturated rings. The quantitative estimate of drug-likeness (QED) is 0.735. The summed E-state index contributed by atoms with van der Waals surface area (Å²) in [6.07, 6.45) is -0.743. The Morgan fingerprint density at radius 2 is 1.88 bits per heavy atom. The predicted octanol–water partition coefficient (Wildman–Crippen LogP) is 5.43. The van der Waals surface area contributed by atoms with Gasteiger partial charge in [-0.25, -0.2) is 4.39 Å². The number of hydrogen-bond donors (Lipinski definition) is 1. The Labute approximate surface area is 150 Å². The number of aryl methyl sites for hydroxylation is 1. The molecule has 5 heteroatoms. The van der Waals surface area contributed by atoms with Gasteiger partial charge in [0, 0.05) is 4.47 Å². The highest BCUT2D eigenvalue weighted by atomic mass is 79.9. The molecule has 2 rings (SSSR count). The Kier molecular flexibility index (Phi) is 5.99. The number of amides is 1. The maximum absolute atomic E-state index is 13.8. The number of carbonyl (C=O) groups excluding carboxylic acids is 1. The van der Waals surface area contributed by atoms with Crippen LogP contribution in [0, 0.1) is 12.7 Å². The van der Waals surface area contributed by atoms with E-state index in [4.69, 9.17) is 4.74 Å². The van der Waals surface area contributed by atoms with Crippen molar-refractivity contribution in [3.63, 3.8) is 0 Å². The van der Waals surface area contributed by atoms with Crippen LogP contribution in [0.1, 0.15) is 37.8 Å². The van der Waals surface area contributed by atoms with Gasteiger partial charge in [-0.15, -0.1) is 0 Å². The van der Waals surface area contributed by atoms with E-state index in [1.165, 1.54) is 12.1 Å². The average Bonchev–Trinajstić information content (AvgIpc) is 2.49. The predicted molar refractivity (Wildman–Crippen MR) is 98.1 cm³/mol. The number of ether oxygens (including phenoxy) is 1. The van der Waals surface area contributed by atoms with E-state index < -0.39 is 17.8 Å². The van der Waals surface area contributed by atoms with Gasteiger partial charge in [0.1, 0.15) is 11.6 Å². The highest BCUT2D eigenvalue weighted by Crippen LogP contribution is 2.28.